The summed E-state index contributed by atoms with van der Waals surface area (Å²) in [5, 5.41) is 7.11. The van der Waals surface area contributed by atoms with E-state index in [1.54, 1.807) is 22.6 Å². The number of benzene rings is 1. The van der Waals surface area contributed by atoms with Crippen LogP contribution < -0.4 is 5.32 Å². The third kappa shape index (κ3) is 4.11. The van der Waals surface area contributed by atoms with Crippen LogP contribution in [0.3, 0.4) is 0 Å². The van der Waals surface area contributed by atoms with Crippen molar-refractivity contribution < 1.29 is 4.79 Å². The normalized spacial score (nSPS) is 10.9. The molecule has 0 fully saturated rings. The third-order valence-corrected chi connectivity index (χ3v) is 4.27. The van der Waals surface area contributed by atoms with E-state index in [0.717, 1.165) is 10.7 Å². The molecule has 0 radical (unpaired) electrons. The molecule has 0 saturated heterocycles. The van der Waals surface area contributed by atoms with Gasteiger partial charge in [-0.25, -0.2) is 4.68 Å². The van der Waals surface area contributed by atoms with Gasteiger partial charge in [-0.1, -0.05) is 6.07 Å². The van der Waals surface area contributed by atoms with Crippen molar-refractivity contribution in [1.82, 2.24) is 9.78 Å². The van der Waals surface area contributed by atoms with E-state index in [4.69, 9.17) is 0 Å². The Morgan fingerprint density at radius 1 is 1.29 bits per heavy atom. The maximum Gasteiger partial charge on any atom is 0.235 e. The lowest BCUT2D eigenvalue weighted by atomic mass is 10.1. The molecule has 0 aliphatic rings. The Morgan fingerprint density at radius 2 is 2.05 bits per heavy atom. The topological polar surface area (TPSA) is 46.9 Å². The SMILES string of the molecule is Cc1ccc(SCC(=O)Nc2ccnn2C(C)C)cc1C. The van der Waals surface area contributed by atoms with Crippen LogP contribution in [0.15, 0.2) is 35.4 Å². The summed E-state index contributed by atoms with van der Waals surface area (Å²) in [6.45, 7) is 8.24. The molecule has 0 bridgehead atoms. The lowest BCUT2D eigenvalue weighted by Gasteiger charge is -2.11. The Kier molecular flexibility index (Phi) is 5.07. The molecule has 0 atom stereocenters. The molecule has 0 saturated carbocycles. The monoisotopic (exact) mass is 303 g/mol. The number of aromatic nitrogens is 2. The molecule has 1 heterocycles. The van der Waals surface area contributed by atoms with Gasteiger partial charge < -0.3 is 5.32 Å². The smallest absolute Gasteiger partial charge is 0.235 e. The van der Waals surface area contributed by atoms with E-state index in [1.807, 2.05) is 19.9 Å². The zero-order valence-corrected chi connectivity index (χ0v) is 13.7. The number of carbonyl (C=O) groups excluding carboxylic acids is 1. The molecule has 0 aliphatic carbocycles. The molecule has 1 N–H and O–H groups in total. The number of rotatable bonds is 5. The van der Waals surface area contributed by atoms with E-state index in [1.165, 1.54) is 11.1 Å². The van der Waals surface area contributed by atoms with Crippen LogP contribution in [0.4, 0.5) is 5.82 Å². The zero-order chi connectivity index (χ0) is 15.4. The van der Waals surface area contributed by atoms with E-state index in [0.29, 0.717) is 5.75 Å². The Balaban J connectivity index is 1.93. The average Bonchev–Trinajstić information content (AvgIpc) is 2.88. The Hall–Kier alpha value is -1.75. The van der Waals surface area contributed by atoms with Crippen LogP contribution in [0.2, 0.25) is 0 Å². The second kappa shape index (κ2) is 6.80. The number of anilines is 1. The minimum atomic E-state index is -0.0133. The predicted octanol–water partition coefficient (Wildman–Crippen LogP) is 3.81. The fourth-order valence-corrected chi connectivity index (χ4v) is 2.75. The van der Waals surface area contributed by atoms with E-state index >= 15 is 0 Å². The van der Waals surface area contributed by atoms with Crippen molar-refractivity contribution >= 4 is 23.5 Å². The number of thioether (sulfide) groups is 1. The lowest BCUT2D eigenvalue weighted by molar-refractivity contribution is -0.113. The minimum absolute atomic E-state index is 0.0133. The molecular weight excluding hydrogens is 282 g/mol. The largest absolute Gasteiger partial charge is 0.310 e. The summed E-state index contributed by atoms with van der Waals surface area (Å²) >= 11 is 1.55. The zero-order valence-electron chi connectivity index (χ0n) is 12.9. The summed E-state index contributed by atoms with van der Waals surface area (Å²) in [7, 11) is 0. The lowest BCUT2D eigenvalue weighted by Crippen LogP contribution is -2.18. The standard InChI is InChI=1S/C16H21N3OS/c1-11(2)19-15(7-8-17-19)18-16(20)10-21-14-6-5-12(3)13(4)9-14/h5-9,11H,10H2,1-4H3,(H,18,20). The van der Waals surface area contributed by atoms with Crippen LogP contribution in [0.1, 0.15) is 31.0 Å². The van der Waals surface area contributed by atoms with Crippen molar-refractivity contribution in [3.05, 3.63) is 41.6 Å². The van der Waals surface area contributed by atoms with Crippen molar-refractivity contribution in [3.63, 3.8) is 0 Å². The van der Waals surface area contributed by atoms with Gasteiger partial charge in [0.05, 0.1) is 11.9 Å². The van der Waals surface area contributed by atoms with Gasteiger partial charge in [0, 0.05) is 17.0 Å². The molecule has 2 rings (SSSR count). The first-order valence-corrected chi connectivity index (χ1v) is 7.99. The van der Waals surface area contributed by atoms with Crippen LogP contribution in [0, 0.1) is 13.8 Å². The van der Waals surface area contributed by atoms with Crippen molar-refractivity contribution in [2.75, 3.05) is 11.1 Å². The molecule has 0 spiro atoms. The molecule has 2 aromatic rings. The highest BCUT2D eigenvalue weighted by atomic mass is 32.2. The Bertz CT molecular complexity index is 634. The van der Waals surface area contributed by atoms with E-state index < -0.39 is 0 Å². The van der Waals surface area contributed by atoms with Gasteiger partial charge in [-0.15, -0.1) is 11.8 Å². The highest BCUT2D eigenvalue weighted by Crippen LogP contribution is 2.21. The molecule has 5 heteroatoms. The second-order valence-corrected chi connectivity index (χ2v) is 6.39. The van der Waals surface area contributed by atoms with Crippen molar-refractivity contribution in [3.8, 4) is 0 Å². The first-order valence-electron chi connectivity index (χ1n) is 7.01. The number of aryl methyl sites for hydroxylation is 2. The van der Waals surface area contributed by atoms with Crippen LogP contribution in [0.25, 0.3) is 0 Å². The third-order valence-electron chi connectivity index (χ3n) is 3.28. The summed E-state index contributed by atoms with van der Waals surface area (Å²) in [6.07, 6.45) is 1.70. The molecule has 1 aromatic carbocycles. The average molecular weight is 303 g/mol. The molecular formula is C16H21N3OS. The van der Waals surface area contributed by atoms with Gasteiger partial charge in [0.15, 0.2) is 0 Å². The maximum atomic E-state index is 12.0. The molecule has 4 nitrogen and oxygen atoms in total. The number of amides is 1. The number of hydrogen-bond acceptors (Lipinski definition) is 3. The number of hydrogen-bond donors (Lipinski definition) is 1. The fraction of sp³-hybridized carbons (Fsp3) is 0.375. The van der Waals surface area contributed by atoms with Gasteiger partial charge in [-0.05, 0) is 51.0 Å². The van der Waals surface area contributed by atoms with Gasteiger partial charge in [-0.2, -0.15) is 5.10 Å². The Labute approximate surface area is 129 Å². The fourth-order valence-electron chi connectivity index (χ4n) is 1.96. The first kappa shape index (κ1) is 15.6. The minimum Gasteiger partial charge on any atom is -0.310 e. The van der Waals surface area contributed by atoms with Crippen LogP contribution in [-0.4, -0.2) is 21.4 Å². The van der Waals surface area contributed by atoms with Gasteiger partial charge >= 0.3 is 0 Å². The van der Waals surface area contributed by atoms with E-state index in [9.17, 15) is 4.79 Å². The van der Waals surface area contributed by atoms with Crippen molar-refractivity contribution in [2.24, 2.45) is 0 Å². The van der Waals surface area contributed by atoms with Gasteiger partial charge in [0.1, 0.15) is 5.82 Å². The first-order chi connectivity index (χ1) is 9.97. The number of nitrogens with one attached hydrogen (secondary N) is 1. The van der Waals surface area contributed by atoms with Gasteiger partial charge in [-0.3, -0.25) is 4.79 Å². The molecule has 0 unspecified atom stereocenters. The van der Waals surface area contributed by atoms with Crippen molar-refractivity contribution in [1.29, 1.82) is 0 Å². The van der Waals surface area contributed by atoms with Gasteiger partial charge in [0.25, 0.3) is 0 Å². The quantitative estimate of drug-likeness (QED) is 0.854. The van der Waals surface area contributed by atoms with E-state index in [2.05, 4.69) is 42.5 Å². The number of nitrogens with zero attached hydrogens (tertiary/aromatic N) is 2. The van der Waals surface area contributed by atoms with Crippen LogP contribution in [-0.2, 0) is 4.79 Å². The highest BCUT2D eigenvalue weighted by molar-refractivity contribution is 8.00. The molecule has 21 heavy (non-hydrogen) atoms. The van der Waals surface area contributed by atoms with Crippen LogP contribution >= 0.6 is 11.8 Å². The summed E-state index contributed by atoms with van der Waals surface area (Å²) < 4.78 is 1.80. The summed E-state index contributed by atoms with van der Waals surface area (Å²) in [5.74, 6) is 1.13. The van der Waals surface area contributed by atoms with E-state index in [-0.39, 0.29) is 11.9 Å². The van der Waals surface area contributed by atoms with Gasteiger partial charge in [0.2, 0.25) is 5.91 Å². The summed E-state index contributed by atoms with van der Waals surface area (Å²) in [6, 6.07) is 8.30. The summed E-state index contributed by atoms with van der Waals surface area (Å²) in [5.41, 5.74) is 2.52. The number of carbonyl (C=O) groups is 1. The summed E-state index contributed by atoms with van der Waals surface area (Å²) in [4.78, 5) is 13.2. The maximum absolute atomic E-state index is 12.0. The molecule has 0 aliphatic heterocycles. The highest BCUT2D eigenvalue weighted by Gasteiger charge is 2.10. The molecule has 112 valence electrons. The predicted molar refractivity (Wildman–Crippen MR) is 87.9 cm³/mol. The molecule has 1 amide bonds. The molecule has 1 aromatic heterocycles. The Morgan fingerprint density at radius 3 is 2.71 bits per heavy atom. The second-order valence-electron chi connectivity index (χ2n) is 5.34. The van der Waals surface area contributed by atoms with Crippen LogP contribution in [0.5, 0.6) is 0 Å². The van der Waals surface area contributed by atoms with Crippen molar-refractivity contribution in [2.45, 2.75) is 38.6 Å².